The van der Waals surface area contributed by atoms with E-state index in [9.17, 15) is 0 Å². The molecule has 0 spiro atoms. The van der Waals surface area contributed by atoms with Gasteiger partial charge in [0.1, 0.15) is 0 Å². The molecule has 2 aliphatic rings. The van der Waals surface area contributed by atoms with Gasteiger partial charge < -0.3 is 9.47 Å². The normalized spacial score (nSPS) is 13.2. The molecule has 4 rings (SSSR count). The van der Waals surface area contributed by atoms with Gasteiger partial charge in [-0.2, -0.15) is 0 Å². The smallest absolute Gasteiger partial charge is 0.169 e. The fourth-order valence-corrected chi connectivity index (χ4v) is 6.44. The Balaban J connectivity index is 1.23. The Bertz CT molecular complexity index is 1010. The standard InChI is InChI=1S/C38H56O2/c1-3-5-7-9-11-13-15-17-19-21-29-39-37-33-27-25-31-23-24-32-26-28-34(36(33)35(31)32)38(37)40-30-22-20-18-16-14-12-10-8-6-4-2/h23-28H,3-22,29-30H2,1-2H3. The third-order valence-corrected chi connectivity index (χ3v) is 8.85. The molecule has 0 radical (unpaired) electrons. The first-order chi connectivity index (χ1) is 19.8. The quantitative estimate of drug-likeness (QED) is 0.104. The molecule has 2 aliphatic carbocycles. The van der Waals surface area contributed by atoms with Crippen LogP contribution in [0.2, 0.25) is 0 Å². The molecule has 0 aliphatic heterocycles. The topological polar surface area (TPSA) is 18.5 Å². The molecular weight excluding hydrogens is 488 g/mol. The summed E-state index contributed by atoms with van der Waals surface area (Å²) >= 11 is 0. The van der Waals surface area contributed by atoms with Gasteiger partial charge in [0.05, 0.1) is 13.2 Å². The van der Waals surface area contributed by atoms with Gasteiger partial charge in [-0.05, 0) is 41.5 Å². The molecule has 0 unspecified atom stereocenters. The van der Waals surface area contributed by atoms with Crippen LogP contribution in [0.5, 0.6) is 0 Å². The lowest BCUT2D eigenvalue weighted by Crippen LogP contribution is -1.99. The summed E-state index contributed by atoms with van der Waals surface area (Å²) < 4.78 is 13.1. The first kappa shape index (κ1) is 30.7. The second-order valence-electron chi connectivity index (χ2n) is 12.2. The van der Waals surface area contributed by atoms with Crippen LogP contribution in [0.25, 0.3) is 34.4 Å². The highest BCUT2D eigenvalue weighted by atomic mass is 16.5. The number of hydrogen-bond donors (Lipinski definition) is 0. The maximum absolute atomic E-state index is 6.55. The molecule has 0 atom stereocenters. The zero-order valence-corrected chi connectivity index (χ0v) is 25.8. The number of ether oxygens (including phenoxy) is 2. The summed E-state index contributed by atoms with van der Waals surface area (Å²) in [4.78, 5) is 0. The third kappa shape index (κ3) is 8.64. The Morgan fingerprint density at radius 2 is 0.750 bits per heavy atom. The van der Waals surface area contributed by atoms with Crippen molar-refractivity contribution in [3.63, 3.8) is 0 Å². The monoisotopic (exact) mass is 544 g/mol. The van der Waals surface area contributed by atoms with E-state index < -0.39 is 0 Å². The van der Waals surface area contributed by atoms with E-state index in [1.165, 1.54) is 149 Å². The van der Waals surface area contributed by atoms with E-state index in [-0.39, 0.29) is 0 Å². The Morgan fingerprint density at radius 1 is 0.400 bits per heavy atom. The molecule has 2 aromatic rings. The molecule has 2 heteroatoms. The highest BCUT2D eigenvalue weighted by Gasteiger charge is 2.29. The molecule has 0 saturated carbocycles. The van der Waals surface area contributed by atoms with E-state index in [1.807, 2.05) is 0 Å². The summed E-state index contributed by atoms with van der Waals surface area (Å²) in [5.41, 5.74) is 5.09. The molecule has 0 amide bonds. The Kier molecular flexibility index (Phi) is 13.5. The lowest BCUT2D eigenvalue weighted by Gasteiger charge is -2.13. The van der Waals surface area contributed by atoms with Crippen LogP contribution in [0, 0.1) is 0 Å². The van der Waals surface area contributed by atoms with Gasteiger partial charge in [-0.1, -0.05) is 154 Å². The summed E-state index contributed by atoms with van der Waals surface area (Å²) in [5, 5.41) is 2.70. The van der Waals surface area contributed by atoms with Crippen LogP contribution in [0.15, 0.2) is 24.3 Å². The van der Waals surface area contributed by atoms with Crippen molar-refractivity contribution in [2.75, 3.05) is 13.2 Å². The third-order valence-electron chi connectivity index (χ3n) is 8.85. The number of rotatable bonds is 24. The highest BCUT2D eigenvalue weighted by molar-refractivity contribution is 6.17. The van der Waals surface area contributed by atoms with Gasteiger partial charge in [0.2, 0.25) is 0 Å². The Labute approximate surface area is 245 Å². The van der Waals surface area contributed by atoms with Crippen molar-refractivity contribution in [3.8, 4) is 0 Å². The minimum atomic E-state index is 0.777. The lowest BCUT2D eigenvalue weighted by atomic mass is 9.98. The fraction of sp³-hybridized carbons (Fsp3) is 0.632. The molecule has 0 fully saturated rings. The zero-order valence-electron chi connectivity index (χ0n) is 25.8. The fourth-order valence-electron chi connectivity index (χ4n) is 6.44. The summed E-state index contributed by atoms with van der Waals surface area (Å²) in [7, 11) is 0. The predicted molar refractivity (Wildman–Crippen MR) is 175 cm³/mol. The van der Waals surface area contributed by atoms with Gasteiger partial charge in [-0.25, -0.2) is 0 Å². The Hall–Kier alpha value is -2.22. The Morgan fingerprint density at radius 3 is 1.12 bits per heavy atom. The zero-order chi connectivity index (χ0) is 27.8. The summed E-state index contributed by atoms with van der Waals surface area (Å²) in [6, 6.07) is 9.02. The van der Waals surface area contributed by atoms with Crippen LogP contribution < -0.4 is 0 Å². The number of unbranched alkanes of at least 4 members (excludes halogenated alkanes) is 18. The molecule has 0 aromatic heterocycles. The first-order valence-corrected chi connectivity index (χ1v) is 17.1. The molecule has 220 valence electrons. The average molecular weight is 545 g/mol. The van der Waals surface area contributed by atoms with Crippen LogP contribution in [-0.2, 0) is 9.47 Å². The molecule has 2 nitrogen and oxygen atoms in total. The molecule has 0 N–H and O–H groups in total. The lowest BCUT2D eigenvalue weighted by molar-refractivity contribution is 0.235. The van der Waals surface area contributed by atoms with Crippen molar-refractivity contribution >= 4 is 34.4 Å². The van der Waals surface area contributed by atoms with Gasteiger partial charge in [-0.15, -0.1) is 0 Å². The van der Waals surface area contributed by atoms with E-state index >= 15 is 0 Å². The maximum atomic E-state index is 6.55. The van der Waals surface area contributed by atoms with Crippen molar-refractivity contribution in [1.29, 1.82) is 0 Å². The molecular formula is C38H56O2. The SMILES string of the molecule is CCCCCCCCCCCCOC1=C(OCCCCCCCCCCCC)c2ccc3c4c(ccc1c24)C=C3. The van der Waals surface area contributed by atoms with Crippen molar-refractivity contribution in [1.82, 2.24) is 0 Å². The van der Waals surface area contributed by atoms with Crippen molar-refractivity contribution in [2.24, 2.45) is 0 Å². The van der Waals surface area contributed by atoms with Gasteiger partial charge in [0.25, 0.3) is 0 Å². The number of hydrogen-bond acceptors (Lipinski definition) is 2. The molecule has 0 saturated heterocycles. The van der Waals surface area contributed by atoms with E-state index in [1.54, 1.807) is 0 Å². The second kappa shape index (κ2) is 17.6. The molecule has 2 aromatic carbocycles. The average Bonchev–Trinajstić information content (AvgIpc) is 3.52. The minimum absolute atomic E-state index is 0.777. The van der Waals surface area contributed by atoms with E-state index in [0.717, 1.165) is 37.6 Å². The van der Waals surface area contributed by atoms with Gasteiger partial charge in [-0.3, -0.25) is 0 Å². The van der Waals surface area contributed by atoms with E-state index in [4.69, 9.17) is 9.47 Å². The summed E-state index contributed by atoms with van der Waals surface area (Å²) in [6.45, 7) is 6.13. The summed E-state index contributed by atoms with van der Waals surface area (Å²) in [5.74, 6) is 1.96. The van der Waals surface area contributed by atoms with Gasteiger partial charge >= 0.3 is 0 Å². The largest absolute Gasteiger partial charge is 0.489 e. The van der Waals surface area contributed by atoms with Crippen molar-refractivity contribution < 1.29 is 9.47 Å². The second-order valence-corrected chi connectivity index (χ2v) is 12.2. The number of benzene rings is 2. The van der Waals surface area contributed by atoms with Gasteiger partial charge in [0, 0.05) is 16.5 Å². The molecule has 0 heterocycles. The van der Waals surface area contributed by atoms with Crippen LogP contribution in [0.3, 0.4) is 0 Å². The van der Waals surface area contributed by atoms with E-state index in [0.29, 0.717) is 0 Å². The van der Waals surface area contributed by atoms with Crippen LogP contribution in [-0.4, -0.2) is 13.2 Å². The van der Waals surface area contributed by atoms with Crippen molar-refractivity contribution in [3.05, 3.63) is 46.5 Å². The van der Waals surface area contributed by atoms with E-state index in [2.05, 4.69) is 50.3 Å². The maximum Gasteiger partial charge on any atom is 0.169 e. The molecule has 40 heavy (non-hydrogen) atoms. The van der Waals surface area contributed by atoms with Crippen LogP contribution in [0.4, 0.5) is 0 Å². The first-order valence-electron chi connectivity index (χ1n) is 17.1. The van der Waals surface area contributed by atoms with Crippen LogP contribution in [0.1, 0.15) is 165 Å². The highest BCUT2D eigenvalue weighted by Crippen LogP contribution is 2.47. The van der Waals surface area contributed by atoms with Gasteiger partial charge in [0.15, 0.2) is 11.5 Å². The minimum Gasteiger partial charge on any atom is -0.489 e. The van der Waals surface area contributed by atoms with Crippen molar-refractivity contribution in [2.45, 2.75) is 142 Å². The predicted octanol–water partition coefficient (Wildman–Crippen LogP) is 12.3. The van der Waals surface area contributed by atoms with Crippen LogP contribution >= 0.6 is 0 Å². The summed E-state index contributed by atoms with van der Waals surface area (Å²) in [6.07, 6.45) is 31.3. The molecule has 0 bridgehead atoms.